The van der Waals surface area contributed by atoms with Crippen LogP contribution in [0, 0.1) is 17.8 Å². The van der Waals surface area contributed by atoms with Crippen molar-refractivity contribution in [3.05, 3.63) is 0 Å². The Kier molecular flexibility index (Phi) is 6.69. The monoisotopic (exact) mass is 310 g/mol. The minimum absolute atomic E-state index is 0.0265. The Bertz CT molecular complexity index is 351. The molecular formula is C18H34N2O2. The maximum Gasteiger partial charge on any atom is 0.226 e. The van der Waals surface area contributed by atoms with Crippen molar-refractivity contribution in [2.24, 2.45) is 17.8 Å². The average Bonchev–Trinajstić information content (AvgIpc) is 3.19. The van der Waals surface area contributed by atoms with E-state index in [1.165, 1.54) is 12.8 Å². The van der Waals surface area contributed by atoms with Crippen LogP contribution >= 0.6 is 0 Å². The molecule has 3 atom stereocenters. The zero-order valence-electron chi connectivity index (χ0n) is 14.6. The Balaban J connectivity index is 2.10. The Morgan fingerprint density at radius 1 is 1.18 bits per heavy atom. The van der Waals surface area contributed by atoms with E-state index in [-0.39, 0.29) is 18.6 Å². The summed E-state index contributed by atoms with van der Waals surface area (Å²) in [5.74, 6) is 1.49. The van der Waals surface area contributed by atoms with Gasteiger partial charge >= 0.3 is 0 Å². The molecule has 0 unspecified atom stereocenters. The number of aliphatic hydroxyl groups excluding tert-OH is 1. The number of carbonyl (C=O) groups excluding carboxylic acids is 1. The lowest BCUT2D eigenvalue weighted by molar-refractivity contribution is -0.137. The van der Waals surface area contributed by atoms with Gasteiger partial charge in [0.25, 0.3) is 0 Å². The summed E-state index contributed by atoms with van der Waals surface area (Å²) in [5.41, 5.74) is 0. The zero-order valence-corrected chi connectivity index (χ0v) is 14.6. The van der Waals surface area contributed by atoms with Crippen LogP contribution in [0.3, 0.4) is 0 Å². The largest absolute Gasteiger partial charge is 0.394 e. The summed E-state index contributed by atoms with van der Waals surface area (Å²) in [6, 6.07) is 0.0265. The second kappa shape index (κ2) is 8.30. The van der Waals surface area contributed by atoms with Crippen LogP contribution in [0.25, 0.3) is 0 Å². The van der Waals surface area contributed by atoms with E-state index >= 15 is 0 Å². The maximum atomic E-state index is 12.9. The molecule has 1 aliphatic carbocycles. The van der Waals surface area contributed by atoms with Crippen LogP contribution in [-0.4, -0.2) is 59.6 Å². The molecule has 1 N–H and O–H groups in total. The summed E-state index contributed by atoms with van der Waals surface area (Å²) in [5, 5.41) is 9.96. The van der Waals surface area contributed by atoms with E-state index in [4.69, 9.17) is 0 Å². The number of carbonyl (C=O) groups is 1. The van der Waals surface area contributed by atoms with Crippen LogP contribution in [0.15, 0.2) is 0 Å². The minimum Gasteiger partial charge on any atom is -0.394 e. The predicted octanol–water partition coefficient (Wildman–Crippen LogP) is 2.36. The van der Waals surface area contributed by atoms with Gasteiger partial charge in [0.1, 0.15) is 0 Å². The van der Waals surface area contributed by atoms with Crippen molar-refractivity contribution in [3.63, 3.8) is 0 Å². The molecule has 128 valence electrons. The highest BCUT2D eigenvalue weighted by Gasteiger charge is 2.44. The quantitative estimate of drug-likeness (QED) is 0.785. The summed E-state index contributed by atoms with van der Waals surface area (Å²) in [4.78, 5) is 17.3. The topological polar surface area (TPSA) is 43.8 Å². The van der Waals surface area contributed by atoms with E-state index in [1.54, 1.807) is 0 Å². The molecule has 4 nitrogen and oxygen atoms in total. The lowest BCUT2D eigenvalue weighted by Crippen LogP contribution is -2.45. The van der Waals surface area contributed by atoms with Crippen LogP contribution < -0.4 is 0 Å². The van der Waals surface area contributed by atoms with E-state index in [0.717, 1.165) is 45.4 Å². The number of nitrogens with zero attached hydrogens (tertiary/aromatic N) is 2. The minimum atomic E-state index is 0.0265. The first-order chi connectivity index (χ1) is 10.7. The fourth-order valence-corrected chi connectivity index (χ4v) is 4.45. The molecule has 2 rings (SSSR count). The van der Waals surface area contributed by atoms with Crippen LogP contribution in [0.5, 0.6) is 0 Å². The fraction of sp³-hybridized carbons (Fsp3) is 0.944. The van der Waals surface area contributed by atoms with E-state index in [2.05, 4.69) is 25.7 Å². The number of amides is 1. The summed E-state index contributed by atoms with van der Waals surface area (Å²) in [6.07, 6.45) is 5.56. The third-order valence-corrected chi connectivity index (χ3v) is 5.99. The molecule has 1 saturated carbocycles. The smallest absolute Gasteiger partial charge is 0.226 e. The highest BCUT2D eigenvalue weighted by molar-refractivity contribution is 5.79. The maximum absolute atomic E-state index is 12.9. The van der Waals surface area contributed by atoms with E-state index in [1.807, 2.05) is 4.90 Å². The number of hydrogen-bond donors (Lipinski definition) is 1. The molecule has 0 aromatic carbocycles. The van der Waals surface area contributed by atoms with Gasteiger partial charge in [0.15, 0.2) is 0 Å². The fourth-order valence-electron chi connectivity index (χ4n) is 4.45. The lowest BCUT2D eigenvalue weighted by atomic mass is 9.88. The van der Waals surface area contributed by atoms with E-state index in [0.29, 0.717) is 17.7 Å². The van der Waals surface area contributed by atoms with Gasteiger partial charge in [-0.1, -0.05) is 40.0 Å². The second-order valence-corrected chi connectivity index (χ2v) is 7.04. The molecule has 22 heavy (non-hydrogen) atoms. The first-order valence-electron chi connectivity index (χ1n) is 9.29. The van der Waals surface area contributed by atoms with Crippen LogP contribution in [0.4, 0.5) is 0 Å². The van der Waals surface area contributed by atoms with Crippen LogP contribution in [0.1, 0.15) is 52.9 Å². The van der Waals surface area contributed by atoms with Gasteiger partial charge in [0.2, 0.25) is 5.91 Å². The van der Waals surface area contributed by atoms with E-state index in [9.17, 15) is 9.90 Å². The summed E-state index contributed by atoms with van der Waals surface area (Å²) in [7, 11) is 0. The third-order valence-electron chi connectivity index (χ3n) is 5.99. The normalized spacial score (nSPS) is 29.7. The number of hydrogen-bond acceptors (Lipinski definition) is 3. The van der Waals surface area contributed by atoms with Crippen molar-refractivity contribution >= 4 is 5.91 Å². The Morgan fingerprint density at radius 2 is 1.82 bits per heavy atom. The predicted molar refractivity (Wildman–Crippen MR) is 89.6 cm³/mol. The molecule has 1 amide bonds. The molecule has 1 heterocycles. The number of rotatable bonds is 7. The van der Waals surface area contributed by atoms with Gasteiger partial charge in [-0.05, 0) is 37.8 Å². The van der Waals surface area contributed by atoms with E-state index < -0.39 is 0 Å². The van der Waals surface area contributed by atoms with Gasteiger partial charge < -0.3 is 14.9 Å². The van der Waals surface area contributed by atoms with Gasteiger partial charge in [0.05, 0.1) is 12.6 Å². The van der Waals surface area contributed by atoms with Crippen molar-refractivity contribution < 1.29 is 9.90 Å². The third kappa shape index (κ3) is 3.65. The molecule has 0 aromatic rings. The first-order valence-corrected chi connectivity index (χ1v) is 9.29. The van der Waals surface area contributed by atoms with Gasteiger partial charge in [0, 0.05) is 19.0 Å². The van der Waals surface area contributed by atoms with Crippen molar-refractivity contribution in [3.8, 4) is 0 Å². The number of likely N-dealkylation sites (tertiary alicyclic amines) is 1. The molecule has 0 aromatic heterocycles. The van der Waals surface area contributed by atoms with Crippen LogP contribution in [-0.2, 0) is 4.79 Å². The molecule has 0 spiro atoms. The summed E-state index contributed by atoms with van der Waals surface area (Å²) < 4.78 is 0. The Morgan fingerprint density at radius 3 is 2.32 bits per heavy atom. The lowest BCUT2D eigenvalue weighted by Gasteiger charge is -2.31. The highest BCUT2D eigenvalue weighted by Crippen LogP contribution is 2.36. The average molecular weight is 310 g/mol. The molecule has 4 heteroatoms. The van der Waals surface area contributed by atoms with Gasteiger partial charge in [-0.3, -0.25) is 4.79 Å². The SMILES string of the molecule is CC[C@@H]1CN(C(=O)C2CCCC2)[C@H](CO)[C@@H]1CN(CC)CC. The zero-order chi connectivity index (χ0) is 16.1. The molecular weight excluding hydrogens is 276 g/mol. The van der Waals surface area contributed by atoms with Crippen LogP contribution in [0.2, 0.25) is 0 Å². The van der Waals surface area contributed by atoms with Crippen molar-refractivity contribution in [1.82, 2.24) is 9.80 Å². The summed E-state index contributed by atoms with van der Waals surface area (Å²) >= 11 is 0. The molecule has 0 bridgehead atoms. The second-order valence-electron chi connectivity index (χ2n) is 7.04. The van der Waals surface area contributed by atoms with Gasteiger partial charge in [-0.25, -0.2) is 0 Å². The molecule has 2 fully saturated rings. The Hall–Kier alpha value is -0.610. The first kappa shape index (κ1) is 17.7. The highest BCUT2D eigenvalue weighted by atomic mass is 16.3. The molecule has 1 aliphatic heterocycles. The summed E-state index contributed by atoms with van der Waals surface area (Å²) in [6.45, 7) is 10.6. The standard InChI is InChI=1S/C18H34N2O2/c1-4-14-11-20(18(22)15-9-7-8-10-15)17(13-21)16(14)12-19(5-2)6-3/h14-17,21H,4-13H2,1-3H3/t14-,16-,17-/m1/s1. The van der Waals surface area contributed by atoms with Gasteiger partial charge in [-0.15, -0.1) is 0 Å². The van der Waals surface area contributed by atoms with Gasteiger partial charge in [-0.2, -0.15) is 0 Å². The Labute approximate surface area is 135 Å². The molecule has 1 saturated heterocycles. The molecule has 0 radical (unpaired) electrons. The van der Waals surface area contributed by atoms with Crippen molar-refractivity contribution in [1.29, 1.82) is 0 Å². The van der Waals surface area contributed by atoms with Crippen molar-refractivity contribution in [2.45, 2.75) is 58.9 Å². The number of aliphatic hydroxyl groups is 1. The molecule has 2 aliphatic rings. The van der Waals surface area contributed by atoms with Crippen molar-refractivity contribution in [2.75, 3.05) is 32.8 Å².